The average molecular weight is 552 g/mol. The van der Waals surface area contributed by atoms with Gasteiger partial charge in [0.1, 0.15) is 11.6 Å². The summed E-state index contributed by atoms with van der Waals surface area (Å²) in [4.78, 5) is 35.3. The van der Waals surface area contributed by atoms with E-state index in [1.165, 1.54) is 0 Å². The first-order valence-corrected chi connectivity index (χ1v) is 13.3. The number of imidazole rings is 1. The number of hydrogen-bond acceptors (Lipinski definition) is 5. The molecule has 3 aromatic carbocycles. The fourth-order valence-corrected chi connectivity index (χ4v) is 6.09. The van der Waals surface area contributed by atoms with Crippen LogP contribution in [0.25, 0.3) is 11.4 Å². The normalized spacial score (nSPS) is 17.3. The first-order chi connectivity index (χ1) is 19.1. The third-order valence-electron chi connectivity index (χ3n) is 7.63. The predicted molar refractivity (Wildman–Crippen MR) is 153 cm³/mol. The highest BCUT2D eigenvalue weighted by Crippen LogP contribution is 2.55. The molecule has 9 heteroatoms. The maximum absolute atomic E-state index is 14.5. The molecule has 0 radical (unpaired) electrons. The molecule has 0 saturated heterocycles. The highest BCUT2D eigenvalue weighted by molar-refractivity contribution is 6.31. The number of nitrogens with one attached hydrogen (secondary N) is 1. The Kier molecular flexibility index (Phi) is 5.75. The Balaban J connectivity index is 1.75. The molecule has 1 aromatic heterocycles. The van der Waals surface area contributed by atoms with Gasteiger partial charge in [-0.25, -0.2) is 4.98 Å². The minimum absolute atomic E-state index is 0.173. The van der Waals surface area contributed by atoms with Gasteiger partial charge >= 0.3 is 0 Å². The third-order valence-corrected chi connectivity index (χ3v) is 7.87. The molecule has 2 amide bonds. The Morgan fingerprint density at radius 1 is 1.07 bits per heavy atom. The zero-order chi connectivity index (χ0) is 28.5. The summed E-state index contributed by atoms with van der Waals surface area (Å²) in [6, 6.07) is 18.1. The van der Waals surface area contributed by atoms with E-state index in [2.05, 4.69) is 11.4 Å². The lowest BCUT2D eigenvalue weighted by Gasteiger charge is -2.36. The SMILES string of the molecule is COc1ccc(C#N)cc1-c1nc2c(n1C(C)C)C1(C(=O)Nc3cc(Cl)ccc31)N(c1cc(C)ccc1C)C2=O. The Morgan fingerprint density at radius 3 is 2.55 bits per heavy atom. The number of benzene rings is 3. The van der Waals surface area contributed by atoms with Gasteiger partial charge in [0.15, 0.2) is 11.2 Å². The lowest BCUT2D eigenvalue weighted by Crippen LogP contribution is -2.51. The highest BCUT2D eigenvalue weighted by atomic mass is 35.5. The molecule has 0 saturated carbocycles. The lowest BCUT2D eigenvalue weighted by atomic mass is 9.86. The predicted octanol–water partition coefficient (Wildman–Crippen LogP) is 6.14. The molecule has 1 N–H and O–H groups in total. The third kappa shape index (κ3) is 3.34. The molecule has 40 heavy (non-hydrogen) atoms. The molecule has 0 aliphatic carbocycles. The largest absolute Gasteiger partial charge is 0.496 e. The monoisotopic (exact) mass is 551 g/mol. The summed E-state index contributed by atoms with van der Waals surface area (Å²) in [6.45, 7) is 7.81. The van der Waals surface area contributed by atoms with E-state index >= 15 is 0 Å². The second-order valence-corrected chi connectivity index (χ2v) is 10.8. The molecule has 200 valence electrons. The number of hydrogen-bond donors (Lipinski definition) is 1. The molecular weight excluding hydrogens is 526 g/mol. The van der Waals surface area contributed by atoms with Crippen molar-refractivity contribution < 1.29 is 14.3 Å². The van der Waals surface area contributed by atoms with E-state index in [-0.39, 0.29) is 17.6 Å². The second-order valence-electron chi connectivity index (χ2n) is 10.4. The van der Waals surface area contributed by atoms with Gasteiger partial charge in [-0.15, -0.1) is 0 Å². The van der Waals surface area contributed by atoms with Crippen LogP contribution < -0.4 is 15.0 Å². The Bertz CT molecular complexity index is 1800. The number of nitriles is 1. The van der Waals surface area contributed by atoms with Gasteiger partial charge in [0.2, 0.25) is 0 Å². The Labute approximate surface area is 236 Å². The van der Waals surface area contributed by atoms with E-state index < -0.39 is 11.4 Å². The smallest absolute Gasteiger partial charge is 0.280 e. The van der Waals surface area contributed by atoms with E-state index in [1.807, 2.05) is 50.5 Å². The first-order valence-electron chi connectivity index (χ1n) is 12.9. The van der Waals surface area contributed by atoms with E-state index in [9.17, 15) is 14.9 Å². The van der Waals surface area contributed by atoms with Crippen LogP contribution in [0.1, 0.15) is 58.3 Å². The quantitative estimate of drug-likeness (QED) is 0.328. The highest BCUT2D eigenvalue weighted by Gasteiger charge is 2.64. The van der Waals surface area contributed by atoms with Crippen molar-refractivity contribution in [3.63, 3.8) is 0 Å². The van der Waals surface area contributed by atoms with Gasteiger partial charge in [-0.05, 0) is 75.2 Å². The van der Waals surface area contributed by atoms with E-state index in [1.54, 1.807) is 48.4 Å². The van der Waals surface area contributed by atoms with Gasteiger partial charge in [-0.3, -0.25) is 14.5 Å². The summed E-state index contributed by atoms with van der Waals surface area (Å²) < 4.78 is 7.55. The van der Waals surface area contributed by atoms with Gasteiger partial charge in [0.05, 0.1) is 30.0 Å². The molecule has 1 spiro atoms. The zero-order valence-corrected chi connectivity index (χ0v) is 23.4. The fourth-order valence-electron chi connectivity index (χ4n) is 5.91. The number of aromatic nitrogens is 2. The summed E-state index contributed by atoms with van der Waals surface area (Å²) in [5.41, 5.74) is 3.65. The Morgan fingerprint density at radius 2 is 1.85 bits per heavy atom. The van der Waals surface area contributed by atoms with Crippen LogP contribution in [0.2, 0.25) is 5.02 Å². The molecule has 3 heterocycles. The number of carbonyl (C=O) groups excluding carboxylic acids is 2. The van der Waals surface area contributed by atoms with E-state index in [0.29, 0.717) is 50.4 Å². The van der Waals surface area contributed by atoms with Crippen LogP contribution in [-0.2, 0) is 10.3 Å². The van der Waals surface area contributed by atoms with Crippen molar-refractivity contribution in [2.24, 2.45) is 0 Å². The number of nitrogens with zero attached hydrogens (tertiary/aromatic N) is 4. The number of anilines is 2. The minimum atomic E-state index is -1.54. The van der Waals surface area contributed by atoms with Gasteiger partial charge in [0.25, 0.3) is 11.8 Å². The number of methoxy groups -OCH3 is 1. The van der Waals surface area contributed by atoms with Gasteiger partial charge in [-0.1, -0.05) is 29.8 Å². The van der Waals surface area contributed by atoms with Crippen molar-refractivity contribution in [2.75, 3.05) is 17.3 Å². The van der Waals surface area contributed by atoms with Crippen molar-refractivity contribution in [1.29, 1.82) is 5.26 Å². The molecule has 8 nitrogen and oxygen atoms in total. The second kappa shape index (κ2) is 8.97. The van der Waals surface area contributed by atoms with Crippen LogP contribution in [0.3, 0.4) is 0 Å². The van der Waals surface area contributed by atoms with E-state index in [4.69, 9.17) is 21.3 Å². The maximum Gasteiger partial charge on any atom is 0.280 e. The summed E-state index contributed by atoms with van der Waals surface area (Å²) in [7, 11) is 1.54. The number of carbonyl (C=O) groups is 2. The summed E-state index contributed by atoms with van der Waals surface area (Å²) in [5, 5.41) is 13.1. The summed E-state index contributed by atoms with van der Waals surface area (Å²) in [5.74, 6) is 0.180. The average Bonchev–Trinajstić information content (AvgIpc) is 3.53. The van der Waals surface area contributed by atoms with Crippen molar-refractivity contribution in [3.05, 3.63) is 93.3 Å². The molecule has 0 bridgehead atoms. The Hall–Kier alpha value is -4.61. The topological polar surface area (TPSA) is 100 Å². The molecule has 0 fully saturated rings. The number of fused-ring (bicyclic) bond motifs is 4. The number of halogens is 1. The number of amides is 2. The summed E-state index contributed by atoms with van der Waals surface area (Å²) >= 11 is 6.33. The summed E-state index contributed by atoms with van der Waals surface area (Å²) in [6.07, 6.45) is 0. The van der Waals surface area contributed by atoms with E-state index in [0.717, 1.165) is 11.1 Å². The number of aryl methyl sites for hydroxylation is 2. The van der Waals surface area contributed by atoms with Gasteiger partial charge < -0.3 is 14.6 Å². The minimum Gasteiger partial charge on any atom is -0.496 e. The van der Waals surface area contributed by atoms with Crippen molar-refractivity contribution in [2.45, 2.75) is 39.3 Å². The van der Waals surface area contributed by atoms with Crippen molar-refractivity contribution in [1.82, 2.24) is 9.55 Å². The van der Waals surface area contributed by atoms with Crippen molar-refractivity contribution >= 4 is 34.8 Å². The van der Waals surface area contributed by atoms with Crippen LogP contribution in [0, 0.1) is 25.2 Å². The molecule has 2 aliphatic heterocycles. The lowest BCUT2D eigenvalue weighted by molar-refractivity contribution is -0.119. The maximum atomic E-state index is 14.5. The molecular formula is C31H26ClN5O3. The molecule has 4 aromatic rings. The molecule has 2 aliphatic rings. The zero-order valence-electron chi connectivity index (χ0n) is 22.7. The van der Waals surface area contributed by atoms with Gasteiger partial charge in [-0.2, -0.15) is 5.26 Å². The molecule has 6 rings (SSSR count). The van der Waals surface area contributed by atoms with Crippen LogP contribution in [0.5, 0.6) is 5.75 Å². The van der Waals surface area contributed by atoms with Crippen molar-refractivity contribution in [3.8, 4) is 23.2 Å². The molecule has 1 unspecified atom stereocenters. The fraction of sp³-hybridized carbons (Fsp3) is 0.226. The molecule has 1 atom stereocenters. The van der Waals surface area contributed by atoms with Crippen LogP contribution >= 0.6 is 11.6 Å². The first kappa shape index (κ1) is 25.7. The number of rotatable bonds is 4. The standard InChI is InChI=1S/C31H26ClN5O3/c1-16(2)36-27-26(35-28(36)21-13-19(15-33)8-11-25(21)40-5)29(38)37(24-12-17(3)6-7-18(24)4)31(27)22-10-9-20(32)14-23(22)34-30(31)39/h6-14,16H,1-5H3,(H,34,39). The number of ether oxygens (including phenoxy) is 1. The van der Waals surface area contributed by atoms with Crippen LogP contribution in [0.4, 0.5) is 11.4 Å². The van der Waals surface area contributed by atoms with Crippen LogP contribution in [-0.4, -0.2) is 28.5 Å². The van der Waals surface area contributed by atoms with Crippen LogP contribution in [0.15, 0.2) is 54.6 Å². The van der Waals surface area contributed by atoms with Gasteiger partial charge in [0, 0.05) is 28.0 Å².